The minimum atomic E-state index is -5.74. The van der Waals surface area contributed by atoms with E-state index in [0.717, 1.165) is 75.2 Å². The van der Waals surface area contributed by atoms with Gasteiger partial charge in [0.15, 0.2) is 0 Å². The van der Waals surface area contributed by atoms with Gasteiger partial charge in [-0.15, -0.1) is 11.3 Å². The molecule has 0 aliphatic carbocycles. The quantitative estimate of drug-likeness (QED) is 0.406. The van der Waals surface area contributed by atoms with Crippen LogP contribution in [-0.2, 0) is 24.6 Å². The number of nitrogens with zero attached hydrogens (tertiary/aromatic N) is 2. The molecule has 0 spiro atoms. The molecule has 1 aromatic heterocycles. The van der Waals surface area contributed by atoms with Crippen molar-refractivity contribution in [1.29, 1.82) is 0 Å². The van der Waals surface area contributed by atoms with Crippen LogP contribution in [0.2, 0.25) is 0 Å². The van der Waals surface area contributed by atoms with Gasteiger partial charge in [0, 0.05) is 42.6 Å². The van der Waals surface area contributed by atoms with E-state index in [1.54, 1.807) is 4.90 Å². The molecule has 4 aliphatic heterocycles. The minimum Gasteiger partial charge on any atom is -0.381 e. The topological polar surface area (TPSA) is 136 Å². The van der Waals surface area contributed by atoms with Crippen LogP contribution in [0.5, 0.6) is 0 Å². The van der Waals surface area contributed by atoms with Crippen molar-refractivity contribution in [3.63, 3.8) is 0 Å². The highest BCUT2D eigenvalue weighted by molar-refractivity contribution is 7.52. The summed E-state index contributed by atoms with van der Waals surface area (Å²) < 4.78 is 45.7. The van der Waals surface area contributed by atoms with E-state index in [9.17, 15) is 27.7 Å². The van der Waals surface area contributed by atoms with Crippen LogP contribution in [0.15, 0.2) is 24.3 Å². The Morgan fingerprint density at radius 1 is 1.00 bits per heavy atom. The first-order chi connectivity index (χ1) is 20.4. The third-order valence-corrected chi connectivity index (χ3v) is 11.6. The molecule has 234 valence electrons. The van der Waals surface area contributed by atoms with Gasteiger partial charge < -0.3 is 29.6 Å². The highest BCUT2D eigenvalue weighted by Gasteiger charge is 2.51. The van der Waals surface area contributed by atoms with Crippen LogP contribution >= 0.6 is 18.9 Å². The number of ether oxygens (including phenoxy) is 1. The number of fused-ring (bicyclic) bond motifs is 2. The first-order valence-electron chi connectivity index (χ1n) is 14.9. The van der Waals surface area contributed by atoms with E-state index in [4.69, 9.17) is 14.5 Å². The van der Waals surface area contributed by atoms with E-state index in [0.29, 0.717) is 42.5 Å². The number of amides is 3. The first kappa shape index (κ1) is 30.6. The van der Waals surface area contributed by atoms with Crippen LogP contribution in [0.25, 0.3) is 10.1 Å². The summed E-state index contributed by atoms with van der Waals surface area (Å²) in [5, 5.41) is 3.07. The van der Waals surface area contributed by atoms with Crippen molar-refractivity contribution in [2.24, 2.45) is 11.8 Å². The Balaban J connectivity index is 1.14. The number of rotatable bonds is 6. The van der Waals surface area contributed by atoms with E-state index in [1.165, 1.54) is 12.1 Å². The average Bonchev–Trinajstić information content (AvgIpc) is 3.56. The zero-order chi connectivity index (χ0) is 30.5. The Morgan fingerprint density at radius 3 is 2.44 bits per heavy atom. The van der Waals surface area contributed by atoms with Gasteiger partial charge in [-0.1, -0.05) is 18.9 Å². The van der Waals surface area contributed by atoms with Crippen molar-refractivity contribution in [2.45, 2.75) is 75.2 Å². The Hall–Kier alpha value is -2.44. The second-order valence-corrected chi connectivity index (χ2v) is 14.9. The number of carbonyl (C=O) groups is 3. The summed E-state index contributed by atoms with van der Waals surface area (Å²) >= 11 is 1.04. The maximum Gasteiger partial charge on any atom is 0.399 e. The number of thiophene rings is 1. The van der Waals surface area contributed by atoms with E-state index in [-0.39, 0.29) is 28.1 Å². The molecule has 6 rings (SSSR count). The molecular formula is C29H36F2N3O7PS. The van der Waals surface area contributed by atoms with Crippen LogP contribution in [0.3, 0.4) is 0 Å². The van der Waals surface area contributed by atoms with Gasteiger partial charge in [-0.05, 0) is 73.9 Å². The van der Waals surface area contributed by atoms with Gasteiger partial charge in [0.2, 0.25) is 11.8 Å². The second kappa shape index (κ2) is 11.8. The number of nitrogens with one attached hydrogen (secondary N) is 1. The minimum absolute atomic E-state index is 0.0165. The largest absolute Gasteiger partial charge is 0.399 e. The molecule has 5 heterocycles. The SMILES string of the molecule is O=C(N[C@H]1CCCC[C@H]2CC[C@@H](C(=O)N3CC(C4CCOCC4)C3)N2C1=O)c1cc2cc(C(F)(F)P(=O)(O)O)ccc2s1. The molecule has 14 heteroatoms. The summed E-state index contributed by atoms with van der Waals surface area (Å²) in [6, 6.07) is 3.17. The average molecular weight is 640 g/mol. The van der Waals surface area contributed by atoms with Gasteiger partial charge in [-0.25, -0.2) is 0 Å². The maximum atomic E-state index is 14.2. The number of alkyl halides is 2. The fourth-order valence-electron chi connectivity index (χ4n) is 7.04. The third-order valence-electron chi connectivity index (χ3n) is 9.53. The molecule has 4 aliphatic rings. The molecule has 4 fully saturated rings. The summed E-state index contributed by atoms with van der Waals surface area (Å²) in [7, 11) is -5.74. The molecule has 10 nitrogen and oxygen atoms in total. The number of halogens is 2. The molecule has 1 aromatic carbocycles. The van der Waals surface area contributed by atoms with Crippen LogP contribution in [0.4, 0.5) is 8.78 Å². The molecule has 3 atom stereocenters. The number of hydrogen-bond donors (Lipinski definition) is 3. The first-order valence-corrected chi connectivity index (χ1v) is 17.3. The van der Waals surface area contributed by atoms with Gasteiger partial charge in [-0.3, -0.25) is 18.9 Å². The van der Waals surface area contributed by atoms with Gasteiger partial charge in [0.1, 0.15) is 12.1 Å². The zero-order valence-corrected chi connectivity index (χ0v) is 25.3. The van der Waals surface area contributed by atoms with E-state index < -0.39 is 36.8 Å². The predicted molar refractivity (Wildman–Crippen MR) is 155 cm³/mol. The van der Waals surface area contributed by atoms with E-state index in [2.05, 4.69) is 5.32 Å². The Kier molecular flexibility index (Phi) is 8.40. The lowest BCUT2D eigenvalue weighted by atomic mass is 9.80. The summed E-state index contributed by atoms with van der Waals surface area (Å²) in [5.74, 6) is 0.224. The third kappa shape index (κ3) is 5.86. The highest BCUT2D eigenvalue weighted by Crippen LogP contribution is 2.59. The second-order valence-electron chi connectivity index (χ2n) is 12.2. The van der Waals surface area contributed by atoms with Crippen molar-refractivity contribution in [3.8, 4) is 0 Å². The van der Waals surface area contributed by atoms with Crippen LogP contribution in [-0.4, -0.2) is 81.7 Å². The number of hydrogen-bond acceptors (Lipinski definition) is 6. The number of likely N-dealkylation sites (tertiary alicyclic amines) is 1. The molecule has 3 amide bonds. The Morgan fingerprint density at radius 2 is 1.72 bits per heavy atom. The van der Waals surface area contributed by atoms with Gasteiger partial charge in [-0.2, -0.15) is 8.78 Å². The summed E-state index contributed by atoms with van der Waals surface area (Å²) in [4.78, 5) is 62.7. The lowest BCUT2D eigenvalue weighted by molar-refractivity contribution is -0.152. The molecular weight excluding hydrogens is 603 g/mol. The molecule has 4 saturated heterocycles. The van der Waals surface area contributed by atoms with Gasteiger partial charge >= 0.3 is 13.3 Å². The fourth-order valence-corrected chi connectivity index (χ4v) is 8.46. The smallest absolute Gasteiger partial charge is 0.381 e. The molecule has 0 bridgehead atoms. The molecule has 2 aromatic rings. The van der Waals surface area contributed by atoms with Crippen molar-refractivity contribution in [1.82, 2.24) is 15.1 Å². The molecule has 0 radical (unpaired) electrons. The predicted octanol–water partition coefficient (Wildman–Crippen LogP) is 4.05. The standard InChI is InChI=1S/C29H36F2N3O7PS/c30-29(31,42(38,39)40)20-5-8-24-18(13-20)14-25(43-24)26(35)32-22-4-2-1-3-21-6-7-23(34(21)27(22)36)28(37)33-15-19(16-33)17-9-11-41-12-10-17/h5,8,13-14,17,19,21-23H,1-4,6-7,9-12,15-16H2,(H,32,35)(H2,38,39,40)/t21-,22-,23-/m0/s1. The normalized spacial score (nSPS) is 26.1. The van der Waals surface area contributed by atoms with Crippen molar-refractivity contribution in [3.05, 3.63) is 34.7 Å². The Labute approximate surface area is 251 Å². The Bertz CT molecular complexity index is 1450. The summed E-state index contributed by atoms with van der Waals surface area (Å²) in [6.45, 7) is 2.95. The summed E-state index contributed by atoms with van der Waals surface area (Å²) in [6.07, 6.45) is 6.25. The number of carbonyl (C=O) groups excluding carboxylic acids is 3. The maximum absolute atomic E-state index is 14.2. The fraction of sp³-hybridized carbons (Fsp3) is 0.621. The van der Waals surface area contributed by atoms with Crippen LogP contribution in [0.1, 0.15) is 66.6 Å². The molecule has 0 unspecified atom stereocenters. The van der Waals surface area contributed by atoms with Crippen molar-refractivity contribution >= 4 is 46.7 Å². The van der Waals surface area contributed by atoms with Gasteiger partial charge in [0.25, 0.3) is 5.91 Å². The highest BCUT2D eigenvalue weighted by atomic mass is 32.1. The molecule has 43 heavy (non-hydrogen) atoms. The van der Waals surface area contributed by atoms with E-state index in [1.807, 2.05) is 4.90 Å². The van der Waals surface area contributed by atoms with Crippen molar-refractivity contribution in [2.75, 3.05) is 26.3 Å². The van der Waals surface area contributed by atoms with Crippen LogP contribution in [0, 0.1) is 11.8 Å². The monoisotopic (exact) mass is 639 g/mol. The van der Waals surface area contributed by atoms with E-state index >= 15 is 0 Å². The zero-order valence-electron chi connectivity index (χ0n) is 23.6. The molecule has 3 N–H and O–H groups in total. The lowest BCUT2D eigenvalue weighted by Gasteiger charge is -2.46. The van der Waals surface area contributed by atoms with Gasteiger partial charge in [0.05, 0.1) is 4.88 Å². The van der Waals surface area contributed by atoms with Crippen LogP contribution < -0.4 is 5.32 Å². The number of benzene rings is 1. The lowest BCUT2D eigenvalue weighted by Crippen LogP contribution is -2.61. The summed E-state index contributed by atoms with van der Waals surface area (Å²) in [5.41, 5.74) is -5.20. The van der Waals surface area contributed by atoms with Crippen molar-refractivity contribution < 1.29 is 42.3 Å². The molecule has 0 saturated carbocycles.